The largest absolute Gasteiger partial charge is 0.494 e. The summed E-state index contributed by atoms with van der Waals surface area (Å²) in [4.78, 5) is 18.6. The average Bonchev–Trinajstić information content (AvgIpc) is 2.87. The highest BCUT2D eigenvalue weighted by Gasteiger charge is 2.08. The lowest BCUT2D eigenvalue weighted by atomic mass is 10.1. The van der Waals surface area contributed by atoms with Crippen LogP contribution in [0.2, 0.25) is 0 Å². The zero-order valence-corrected chi connectivity index (χ0v) is 20.8. The van der Waals surface area contributed by atoms with E-state index in [1.54, 1.807) is 17.7 Å². The Kier molecular flexibility index (Phi) is 8.68. The van der Waals surface area contributed by atoms with Gasteiger partial charge in [-0.25, -0.2) is 0 Å². The molecule has 35 heavy (non-hydrogen) atoms. The molecule has 0 amide bonds. The van der Waals surface area contributed by atoms with Crippen molar-refractivity contribution in [1.82, 2.24) is 14.5 Å². The van der Waals surface area contributed by atoms with Crippen LogP contribution in [-0.4, -0.2) is 34.1 Å². The van der Waals surface area contributed by atoms with E-state index in [-0.39, 0.29) is 5.56 Å². The molecule has 2 heterocycles. The zero-order valence-electron chi connectivity index (χ0n) is 20.8. The molecule has 0 aliphatic rings. The van der Waals surface area contributed by atoms with Crippen molar-refractivity contribution >= 4 is 10.9 Å². The van der Waals surface area contributed by atoms with Crippen molar-refractivity contribution in [2.45, 2.75) is 39.2 Å². The topological polar surface area (TPSA) is 47.4 Å². The molecule has 0 aliphatic carbocycles. The van der Waals surface area contributed by atoms with Gasteiger partial charge in [-0.15, -0.1) is 0 Å². The number of ether oxygens (including phenoxy) is 1. The van der Waals surface area contributed by atoms with Crippen molar-refractivity contribution < 1.29 is 4.74 Å². The van der Waals surface area contributed by atoms with Gasteiger partial charge in [-0.3, -0.25) is 14.7 Å². The number of pyridine rings is 2. The Hall–Kier alpha value is -3.44. The van der Waals surface area contributed by atoms with Gasteiger partial charge in [-0.1, -0.05) is 35.9 Å². The summed E-state index contributed by atoms with van der Waals surface area (Å²) in [6, 6.07) is 22.3. The molecule has 0 saturated heterocycles. The summed E-state index contributed by atoms with van der Waals surface area (Å²) in [5.41, 5.74) is 4.88. The third-order valence-electron chi connectivity index (χ3n) is 6.41. The summed E-state index contributed by atoms with van der Waals surface area (Å²) in [6.07, 6.45) is 8.09. The summed E-state index contributed by atoms with van der Waals surface area (Å²) in [6.45, 7) is 5.91. The quantitative estimate of drug-likeness (QED) is 0.256. The van der Waals surface area contributed by atoms with Gasteiger partial charge in [-0.2, -0.15) is 0 Å². The van der Waals surface area contributed by atoms with Crippen LogP contribution in [0.5, 0.6) is 5.75 Å². The lowest BCUT2D eigenvalue weighted by molar-refractivity contribution is 0.254. The molecule has 4 aromatic rings. The fraction of sp³-hybridized carbons (Fsp3) is 0.333. The second-order valence-electron chi connectivity index (χ2n) is 9.24. The van der Waals surface area contributed by atoms with Gasteiger partial charge in [0.05, 0.1) is 12.1 Å². The van der Waals surface area contributed by atoms with Crippen LogP contribution in [0.4, 0.5) is 0 Å². The van der Waals surface area contributed by atoms with Crippen LogP contribution >= 0.6 is 0 Å². The average molecular weight is 470 g/mol. The van der Waals surface area contributed by atoms with E-state index in [0.29, 0.717) is 6.61 Å². The molecule has 182 valence electrons. The summed E-state index contributed by atoms with van der Waals surface area (Å²) < 4.78 is 7.66. The summed E-state index contributed by atoms with van der Waals surface area (Å²) in [7, 11) is 1.80. The maximum Gasteiger partial charge on any atom is 0.250 e. The van der Waals surface area contributed by atoms with Gasteiger partial charge in [0.2, 0.25) is 0 Å². The highest BCUT2D eigenvalue weighted by molar-refractivity contribution is 5.80. The molecule has 0 saturated carbocycles. The first-order valence-corrected chi connectivity index (χ1v) is 12.5. The number of benzene rings is 2. The van der Waals surface area contributed by atoms with E-state index in [9.17, 15) is 4.79 Å². The number of fused-ring (bicyclic) bond motifs is 1. The van der Waals surface area contributed by atoms with Gasteiger partial charge in [0.1, 0.15) is 5.75 Å². The van der Waals surface area contributed by atoms with E-state index in [1.807, 2.05) is 42.7 Å². The van der Waals surface area contributed by atoms with E-state index in [0.717, 1.165) is 62.0 Å². The van der Waals surface area contributed by atoms with E-state index in [1.165, 1.54) is 16.7 Å². The second-order valence-corrected chi connectivity index (χ2v) is 9.24. The van der Waals surface area contributed by atoms with E-state index in [4.69, 9.17) is 4.74 Å². The van der Waals surface area contributed by atoms with Crippen molar-refractivity contribution in [2.75, 3.05) is 19.7 Å². The first-order valence-electron chi connectivity index (χ1n) is 12.5. The van der Waals surface area contributed by atoms with Crippen LogP contribution in [0.1, 0.15) is 36.0 Å². The molecule has 2 aromatic carbocycles. The van der Waals surface area contributed by atoms with Crippen molar-refractivity contribution in [2.24, 2.45) is 7.05 Å². The Labute approximate surface area is 208 Å². The number of aromatic nitrogens is 2. The van der Waals surface area contributed by atoms with Crippen molar-refractivity contribution in [3.05, 3.63) is 106 Å². The number of hydrogen-bond acceptors (Lipinski definition) is 4. The van der Waals surface area contributed by atoms with Crippen LogP contribution in [0.25, 0.3) is 10.9 Å². The minimum Gasteiger partial charge on any atom is -0.494 e. The summed E-state index contributed by atoms with van der Waals surface area (Å²) in [5, 5.41) is 1.02. The van der Waals surface area contributed by atoms with Crippen LogP contribution in [0.15, 0.2) is 83.9 Å². The van der Waals surface area contributed by atoms with Gasteiger partial charge in [0.25, 0.3) is 5.56 Å². The molecule has 2 aromatic heterocycles. The van der Waals surface area contributed by atoms with Crippen LogP contribution in [-0.2, 0) is 20.0 Å². The lowest BCUT2D eigenvalue weighted by Crippen LogP contribution is -2.27. The smallest absolute Gasteiger partial charge is 0.250 e. The summed E-state index contributed by atoms with van der Waals surface area (Å²) in [5.74, 6) is 0.855. The lowest BCUT2D eigenvalue weighted by Gasteiger charge is -2.23. The van der Waals surface area contributed by atoms with E-state index < -0.39 is 0 Å². The predicted molar refractivity (Wildman–Crippen MR) is 143 cm³/mol. The van der Waals surface area contributed by atoms with Gasteiger partial charge in [-0.05, 0) is 80.6 Å². The van der Waals surface area contributed by atoms with Crippen LogP contribution in [0.3, 0.4) is 0 Å². The highest BCUT2D eigenvalue weighted by atomic mass is 16.5. The molecule has 0 N–H and O–H groups in total. The van der Waals surface area contributed by atoms with E-state index in [2.05, 4.69) is 47.1 Å². The fourth-order valence-electron chi connectivity index (χ4n) is 4.43. The molecule has 5 nitrogen and oxygen atoms in total. The molecular formula is C30H35N3O2. The predicted octanol–water partition coefficient (Wildman–Crippen LogP) is 5.54. The third kappa shape index (κ3) is 7.27. The molecule has 0 unspecified atom stereocenters. The van der Waals surface area contributed by atoms with Gasteiger partial charge >= 0.3 is 0 Å². The van der Waals surface area contributed by atoms with Gasteiger partial charge in [0, 0.05) is 44.0 Å². The number of unbranched alkanes of at least 4 members (excludes halogenated alkanes) is 2. The molecule has 5 heteroatoms. The third-order valence-corrected chi connectivity index (χ3v) is 6.41. The van der Waals surface area contributed by atoms with Gasteiger partial charge in [0.15, 0.2) is 0 Å². The minimum atomic E-state index is 0.00282. The Balaban J connectivity index is 1.24. The molecule has 0 atom stereocenters. The van der Waals surface area contributed by atoms with Crippen molar-refractivity contribution in [1.29, 1.82) is 0 Å². The molecule has 4 rings (SSSR count). The first-order chi connectivity index (χ1) is 17.1. The SMILES string of the molecule is Cc1cccc(CN(CCCCCOc2ccc3c(ccc(=O)n3C)c2)CCc2cccnc2)c1. The number of rotatable bonds is 12. The number of nitrogens with zero attached hydrogens (tertiary/aromatic N) is 3. The highest BCUT2D eigenvalue weighted by Crippen LogP contribution is 2.19. The Morgan fingerprint density at radius 2 is 1.80 bits per heavy atom. The molecular weight excluding hydrogens is 434 g/mol. The van der Waals surface area contributed by atoms with Crippen LogP contribution in [0, 0.1) is 6.92 Å². The van der Waals surface area contributed by atoms with Crippen molar-refractivity contribution in [3.63, 3.8) is 0 Å². The van der Waals surface area contributed by atoms with Crippen LogP contribution < -0.4 is 10.3 Å². The molecule has 0 aliphatic heterocycles. The fourth-order valence-corrected chi connectivity index (χ4v) is 4.43. The maximum atomic E-state index is 11.8. The molecule has 0 radical (unpaired) electrons. The normalized spacial score (nSPS) is 11.3. The maximum absolute atomic E-state index is 11.8. The Morgan fingerprint density at radius 3 is 2.63 bits per heavy atom. The minimum absolute atomic E-state index is 0.00282. The zero-order chi connectivity index (χ0) is 24.5. The monoisotopic (exact) mass is 469 g/mol. The van der Waals surface area contributed by atoms with Crippen molar-refractivity contribution in [3.8, 4) is 5.75 Å². The Morgan fingerprint density at radius 1 is 0.914 bits per heavy atom. The van der Waals surface area contributed by atoms with E-state index >= 15 is 0 Å². The Bertz CT molecular complexity index is 1280. The van der Waals surface area contributed by atoms with Gasteiger partial charge < -0.3 is 9.30 Å². The molecule has 0 spiro atoms. The first kappa shape index (κ1) is 24.7. The summed E-state index contributed by atoms with van der Waals surface area (Å²) >= 11 is 0. The number of hydrogen-bond donors (Lipinski definition) is 0. The number of aryl methyl sites for hydroxylation is 2. The molecule has 0 fully saturated rings. The standard InChI is InChI=1S/C30H35N3O2/c1-24-8-6-9-26(20-24)23-33(18-15-25-10-7-16-31-22-25)17-4-3-5-19-35-28-12-13-29-27(21-28)11-14-30(34)32(29)2/h6-14,16,20-22H,3-5,15,17-19,23H2,1-2H3. The molecule has 0 bridgehead atoms. The second kappa shape index (κ2) is 12.3.